The molecule has 0 spiro atoms. The minimum Gasteiger partial charge on any atom is -0.380 e. The van der Waals surface area contributed by atoms with Gasteiger partial charge >= 0.3 is 0 Å². The standard InChI is InChI=1S/C11H20N4O/c1-16-11-2-4-14(8-11)6-10-7-15(5-3-12)9-13-10/h7,9,11H,2-6,8,12H2,1H3. The fourth-order valence-electron chi connectivity index (χ4n) is 2.12. The molecule has 16 heavy (non-hydrogen) atoms. The van der Waals surface area contributed by atoms with Gasteiger partial charge in [-0.3, -0.25) is 4.90 Å². The van der Waals surface area contributed by atoms with E-state index in [1.165, 1.54) is 0 Å². The first kappa shape index (κ1) is 11.6. The maximum absolute atomic E-state index is 5.49. The second kappa shape index (κ2) is 5.43. The van der Waals surface area contributed by atoms with Gasteiger partial charge in [-0.25, -0.2) is 4.98 Å². The predicted octanol–water partition coefficient (Wildman–Crippen LogP) is 0.0625. The molecule has 1 aliphatic heterocycles. The fourth-order valence-corrected chi connectivity index (χ4v) is 2.12. The Bertz CT molecular complexity index is 326. The average Bonchev–Trinajstić information content (AvgIpc) is 2.89. The van der Waals surface area contributed by atoms with E-state index < -0.39 is 0 Å². The van der Waals surface area contributed by atoms with E-state index in [0.717, 1.165) is 38.3 Å². The molecular formula is C11H20N4O. The molecule has 1 saturated heterocycles. The summed E-state index contributed by atoms with van der Waals surface area (Å²) >= 11 is 0. The highest BCUT2D eigenvalue weighted by Crippen LogP contribution is 2.14. The van der Waals surface area contributed by atoms with Crippen LogP contribution in [0.15, 0.2) is 12.5 Å². The lowest BCUT2D eigenvalue weighted by Crippen LogP contribution is -2.22. The van der Waals surface area contributed by atoms with Crippen LogP contribution in [0.3, 0.4) is 0 Å². The molecule has 2 heterocycles. The number of ether oxygens (including phenoxy) is 1. The summed E-state index contributed by atoms with van der Waals surface area (Å²) in [6.45, 7) is 4.53. The van der Waals surface area contributed by atoms with Gasteiger partial charge in [0.1, 0.15) is 0 Å². The molecule has 0 aromatic carbocycles. The van der Waals surface area contributed by atoms with Gasteiger partial charge in [0.2, 0.25) is 0 Å². The number of nitrogens with zero attached hydrogens (tertiary/aromatic N) is 3. The van der Waals surface area contributed by atoms with E-state index in [-0.39, 0.29) is 0 Å². The molecule has 1 fully saturated rings. The third kappa shape index (κ3) is 2.81. The first-order valence-electron chi connectivity index (χ1n) is 5.77. The maximum Gasteiger partial charge on any atom is 0.0950 e. The number of hydrogen-bond donors (Lipinski definition) is 1. The Labute approximate surface area is 96.2 Å². The fraction of sp³-hybridized carbons (Fsp3) is 0.727. The second-order valence-corrected chi connectivity index (χ2v) is 4.27. The number of aromatic nitrogens is 2. The van der Waals surface area contributed by atoms with Gasteiger partial charge in [0.05, 0.1) is 18.1 Å². The molecule has 0 aliphatic carbocycles. The van der Waals surface area contributed by atoms with Crippen molar-refractivity contribution in [3.63, 3.8) is 0 Å². The molecule has 1 aliphatic rings. The Balaban J connectivity index is 1.84. The molecule has 1 atom stereocenters. The number of imidazole rings is 1. The Morgan fingerprint density at radius 2 is 2.50 bits per heavy atom. The van der Waals surface area contributed by atoms with Crippen molar-refractivity contribution in [1.29, 1.82) is 0 Å². The van der Waals surface area contributed by atoms with Crippen LogP contribution in [0, 0.1) is 0 Å². The molecule has 5 heteroatoms. The van der Waals surface area contributed by atoms with E-state index in [9.17, 15) is 0 Å². The van der Waals surface area contributed by atoms with Gasteiger partial charge in [-0.05, 0) is 6.42 Å². The zero-order valence-corrected chi connectivity index (χ0v) is 9.80. The lowest BCUT2D eigenvalue weighted by molar-refractivity contribution is 0.107. The quantitative estimate of drug-likeness (QED) is 0.768. The summed E-state index contributed by atoms with van der Waals surface area (Å²) in [4.78, 5) is 6.75. The van der Waals surface area contributed by atoms with Crippen molar-refractivity contribution in [3.8, 4) is 0 Å². The van der Waals surface area contributed by atoms with E-state index in [0.29, 0.717) is 12.6 Å². The van der Waals surface area contributed by atoms with Gasteiger partial charge in [-0.15, -0.1) is 0 Å². The number of rotatable bonds is 5. The summed E-state index contributed by atoms with van der Waals surface area (Å²) in [5.41, 5.74) is 6.61. The average molecular weight is 224 g/mol. The van der Waals surface area contributed by atoms with Crippen molar-refractivity contribution >= 4 is 0 Å². The van der Waals surface area contributed by atoms with Crippen LogP contribution in [0.2, 0.25) is 0 Å². The van der Waals surface area contributed by atoms with Crippen LogP contribution in [0.1, 0.15) is 12.1 Å². The van der Waals surface area contributed by atoms with Crippen LogP contribution in [0.25, 0.3) is 0 Å². The van der Waals surface area contributed by atoms with Crippen LogP contribution >= 0.6 is 0 Å². The third-order valence-corrected chi connectivity index (χ3v) is 3.02. The SMILES string of the molecule is COC1CCN(Cc2cn(CCN)cn2)C1. The van der Waals surface area contributed by atoms with Gasteiger partial charge in [-0.1, -0.05) is 0 Å². The third-order valence-electron chi connectivity index (χ3n) is 3.02. The summed E-state index contributed by atoms with van der Waals surface area (Å²) in [6.07, 6.45) is 5.45. The van der Waals surface area contributed by atoms with Gasteiger partial charge in [0.15, 0.2) is 0 Å². The largest absolute Gasteiger partial charge is 0.380 e. The van der Waals surface area contributed by atoms with E-state index in [4.69, 9.17) is 10.5 Å². The van der Waals surface area contributed by atoms with Crippen molar-refractivity contribution in [2.75, 3.05) is 26.7 Å². The lowest BCUT2D eigenvalue weighted by atomic mass is 10.3. The van der Waals surface area contributed by atoms with Crippen molar-refractivity contribution in [3.05, 3.63) is 18.2 Å². The summed E-state index contributed by atoms with van der Waals surface area (Å²) in [6, 6.07) is 0. The molecular weight excluding hydrogens is 204 g/mol. The van der Waals surface area contributed by atoms with Crippen LogP contribution in [-0.4, -0.2) is 47.3 Å². The van der Waals surface area contributed by atoms with Gasteiger partial charge in [0.25, 0.3) is 0 Å². The molecule has 0 bridgehead atoms. The van der Waals surface area contributed by atoms with Crippen molar-refractivity contribution in [2.24, 2.45) is 5.73 Å². The highest BCUT2D eigenvalue weighted by Gasteiger charge is 2.22. The first-order chi connectivity index (χ1) is 7.81. The number of likely N-dealkylation sites (tertiary alicyclic amines) is 1. The summed E-state index contributed by atoms with van der Waals surface area (Å²) in [7, 11) is 1.78. The normalized spacial score (nSPS) is 21.8. The Hall–Kier alpha value is -0.910. The zero-order valence-electron chi connectivity index (χ0n) is 9.80. The molecule has 2 rings (SSSR count). The molecule has 0 saturated carbocycles. The smallest absolute Gasteiger partial charge is 0.0950 e. The molecule has 90 valence electrons. The summed E-state index contributed by atoms with van der Waals surface area (Å²) in [5.74, 6) is 0. The Kier molecular flexibility index (Phi) is 3.93. The van der Waals surface area contributed by atoms with Crippen LogP contribution in [0.5, 0.6) is 0 Å². The molecule has 5 nitrogen and oxygen atoms in total. The number of methoxy groups -OCH3 is 1. The van der Waals surface area contributed by atoms with Crippen molar-refractivity contribution in [2.45, 2.75) is 25.6 Å². The monoisotopic (exact) mass is 224 g/mol. The number of hydrogen-bond acceptors (Lipinski definition) is 4. The Morgan fingerprint density at radius 1 is 1.62 bits per heavy atom. The van der Waals surface area contributed by atoms with Gasteiger partial charge in [-0.2, -0.15) is 0 Å². The van der Waals surface area contributed by atoms with Crippen LogP contribution in [-0.2, 0) is 17.8 Å². The lowest BCUT2D eigenvalue weighted by Gasteiger charge is -2.13. The van der Waals surface area contributed by atoms with Gasteiger partial charge < -0.3 is 15.0 Å². The van der Waals surface area contributed by atoms with Crippen molar-refractivity contribution in [1.82, 2.24) is 14.5 Å². The van der Waals surface area contributed by atoms with Crippen molar-refractivity contribution < 1.29 is 4.74 Å². The van der Waals surface area contributed by atoms with E-state index in [1.807, 2.05) is 10.9 Å². The minimum absolute atomic E-state index is 0.395. The van der Waals surface area contributed by atoms with Gasteiger partial charge in [0, 0.05) is 46.0 Å². The number of nitrogens with two attached hydrogens (primary N) is 1. The highest BCUT2D eigenvalue weighted by molar-refractivity contribution is 4.97. The zero-order chi connectivity index (χ0) is 11.4. The van der Waals surface area contributed by atoms with E-state index >= 15 is 0 Å². The predicted molar refractivity (Wildman–Crippen MR) is 62.0 cm³/mol. The molecule has 1 aromatic rings. The molecule has 0 radical (unpaired) electrons. The molecule has 2 N–H and O–H groups in total. The maximum atomic E-state index is 5.49. The summed E-state index contributed by atoms with van der Waals surface area (Å²) in [5, 5.41) is 0. The minimum atomic E-state index is 0.395. The second-order valence-electron chi connectivity index (χ2n) is 4.27. The summed E-state index contributed by atoms with van der Waals surface area (Å²) < 4.78 is 7.38. The Morgan fingerprint density at radius 3 is 3.19 bits per heavy atom. The van der Waals surface area contributed by atoms with E-state index in [2.05, 4.69) is 16.1 Å². The highest BCUT2D eigenvalue weighted by atomic mass is 16.5. The molecule has 1 aromatic heterocycles. The van der Waals surface area contributed by atoms with Crippen LogP contribution in [0.4, 0.5) is 0 Å². The first-order valence-corrected chi connectivity index (χ1v) is 5.77. The molecule has 1 unspecified atom stereocenters. The topological polar surface area (TPSA) is 56.3 Å². The molecule has 0 amide bonds. The van der Waals surface area contributed by atoms with Crippen LogP contribution < -0.4 is 5.73 Å². The van der Waals surface area contributed by atoms with E-state index in [1.54, 1.807) is 7.11 Å².